The van der Waals surface area contributed by atoms with Crippen LogP contribution in [0, 0.1) is 6.92 Å². The maximum Gasteiger partial charge on any atom is 0.00393 e. The summed E-state index contributed by atoms with van der Waals surface area (Å²) in [5.41, 5.74) is 5.68. The van der Waals surface area contributed by atoms with Crippen LogP contribution in [0.15, 0.2) is 0 Å². The van der Waals surface area contributed by atoms with Crippen LogP contribution in [0.2, 0.25) is 0 Å². The molecule has 0 amide bonds. The predicted molar refractivity (Wildman–Crippen MR) is 45.7 cm³/mol. The predicted octanol–water partition coefficient (Wildman–Crippen LogP) is 0.880. The average Bonchev–Trinajstić information content (AvgIpc) is 1.87. The molecule has 10 heavy (non-hydrogen) atoms. The fourth-order valence-corrected chi connectivity index (χ4v) is 0.814. The Morgan fingerprint density at radius 2 is 2.10 bits per heavy atom. The summed E-state index contributed by atoms with van der Waals surface area (Å²) < 4.78 is 0. The van der Waals surface area contributed by atoms with Gasteiger partial charge in [-0.3, -0.25) is 0 Å². The van der Waals surface area contributed by atoms with E-state index in [1.165, 1.54) is 6.42 Å². The SMILES string of the molecule is [CH2]CC(N)CCCN(C)C. The highest BCUT2D eigenvalue weighted by Gasteiger charge is 1.98. The van der Waals surface area contributed by atoms with Gasteiger partial charge in [0, 0.05) is 6.04 Å². The summed E-state index contributed by atoms with van der Waals surface area (Å²) in [5, 5.41) is 0. The highest BCUT2D eigenvalue weighted by Crippen LogP contribution is 1.97. The van der Waals surface area contributed by atoms with E-state index in [1.807, 2.05) is 0 Å². The van der Waals surface area contributed by atoms with Gasteiger partial charge in [-0.15, -0.1) is 0 Å². The Balaban J connectivity index is 3.03. The molecule has 0 saturated heterocycles. The first-order valence-corrected chi connectivity index (χ1v) is 3.86. The van der Waals surface area contributed by atoms with Gasteiger partial charge >= 0.3 is 0 Å². The zero-order valence-electron chi connectivity index (χ0n) is 7.14. The van der Waals surface area contributed by atoms with Crippen molar-refractivity contribution < 1.29 is 0 Å². The molecule has 1 radical (unpaired) electrons. The van der Waals surface area contributed by atoms with Crippen LogP contribution in [0.3, 0.4) is 0 Å². The number of nitrogens with two attached hydrogens (primary N) is 1. The van der Waals surface area contributed by atoms with Gasteiger partial charge in [0.05, 0.1) is 0 Å². The van der Waals surface area contributed by atoms with Gasteiger partial charge in [0.15, 0.2) is 0 Å². The summed E-state index contributed by atoms with van der Waals surface area (Å²) in [4.78, 5) is 2.18. The molecular weight excluding hydrogens is 124 g/mol. The number of rotatable bonds is 5. The van der Waals surface area contributed by atoms with Crippen molar-refractivity contribution in [2.24, 2.45) is 5.73 Å². The molecule has 2 N–H and O–H groups in total. The smallest absolute Gasteiger partial charge is 0.00393 e. The molecule has 0 fully saturated rings. The molecule has 0 aliphatic rings. The molecule has 2 heteroatoms. The molecule has 0 heterocycles. The zero-order chi connectivity index (χ0) is 7.98. The van der Waals surface area contributed by atoms with E-state index in [0.717, 1.165) is 19.4 Å². The van der Waals surface area contributed by atoms with E-state index in [-0.39, 0.29) is 0 Å². The molecule has 0 bridgehead atoms. The normalized spacial score (nSPS) is 14.1. The van der Waals surface area contributed by atoms with Crippen molar-refractivity contribution in [3.05, 3.63) is 6.92 Å². The maximum absolute atomic E-state index is 5.68. The van der Waals surface area contributed by atoms with E-state index in [4.69, 9.17) is 5.73 Å². The highest BCUT2D eigenvalue weighted by molar-refractivity contribution is 4.62. The van der Waals surface area contributed by atoms with Crippen LogP contribution in [0.4, 0.5) is 0 Å². The third-order valence-corrected chi connectivity index (χ3v) is 1.55. The van der Waals surface area contributed by atoms with Crippen LogP contribution >= 0.6 is 0 Å². The lowest BCUT2D eigenvalue weighted by molar-refractivity contribution is 0.384. The summed E-state index contributed by atoms with van der Waals surface area (Å²) in [6, 6.07) is 0.306. The lowest BCUT2D eigenvalue weighted by Crippen LogP contribution is -2.21. The van der Waals surface area contributed by atoms with Gasteiger partial charge in [0.1, 0.15) is 0 Å². The topological polar surface area (TPSA) is 29.3 Å². The number of hydrogen-bond acceptors (Lipinski definition) is 2. The largest absolute Gasteiger partial charge is 0.328 e. The molecule has 0 aromatic heterocycles. The summed E-state index contributed by atoms with van der Waals surface area (Å²) in [5.74, 6) is 0. The van der Waals surface area contributed by atoms with E-state index < -0.39 is 0 Å². The lowest BCUT2D eigenvalue weighted by Gasteiger charge is -2.11. The Morgan fingerprint density at radius 1 is 1.50 bits per heavy atom. The Labute approximate surface area is 64.4 Å². The van der Waals surface area contributed by atoms with Crippen molar-refractivity contribution in [3.63, 3.8) is 0 Å². The molecule has 1 unspecified atom stereocenters. The Hall–Kier alpha value is -0.0800. The minimum atomic E-state index is 0.306. The average molecular weight is 143 g/mol. The van der Waals surface area contributed by atoms with E-state index in [1.54, 1.807) is 0 Å². The van der Waals surface area contributed by atoms with Gasteiger partial charge in [-0.1, -0.05) is 6.92 Å². The quantitative estimate of drug-likeness (QED) is 0.619. The first-order chi connectivity index (χ1) is 4.66. The molecule has 0 spiro atoms. The second-order valence-corrected chi connectivity index (χ2v) is 2.99. The standard InChI is InChI=1S/C8H19N2/c1-4-8(9)6-5-7-10(2)3/h8H,1,4-7,9H2,2-3H3. The minimum Gasteiger partial charge on any atom is -0.328 e. The van der Waals surface area contributed by atoms with Crippen LogP contribution in [0.1, 0.15) is 19.3 Å². The summed E-state index contributed by atoms with van der Waals surface area (Å²) in [7, 11) is 4.16. The van der Waals surface area contributed by atoms with Crippen LogP contribution in [-0.4, -0.2) is 31.6 Å². The molecular formula is C8H19N2. The number of nitrogens with zero attached hydrogens (tertiary/aromatic N) is 1. The molecule has 0 saturated carbocycles. The molecule has 0 rings (SSSR count). The van der Waals surface area contributed by atoms with Crippen molar-refractivity contribution in [1.29, 1.82) is 0 Å². The van der Waals surface area contributed by atoms with Crippen molar-refractivity contribution in [3.8, 4) is 0 Å². The third-order valence-electron chi connectivity index (χ3n) is 1.55. The van der Waals surface area contributed by atoms with E-state index >= 15 is 0 Å². The second kappa shape index (κ2) is 5.69. The molecule has 61 valence electrons. The summed E-state index contributed by atoms with van der Waals surface area (Å²) >= 11 is 0. The fraction of sp³-hybridized carbons (Fsp3) is 0.875. The van der Waals surface area contributed by atoms with E-state index in [9.17, 15) is 0 Å². The van der Waals surface area contributed by atoms with Gasteiger partial charge in [-0.2, -0.15) is 0 Å². The first-order valence-electron chi connectivity index (χ1n) is 3.86. The van der Waals surface area contributed by atoms with E-state index in [2.05, 4.69) is 25.9 Å². The molecule has 0 aliphatic carbocycles. The summed E-state index contributed by atoms with van der Waals surface area (Å²) in [6.07, 6.45) is 3.14. The zero-order valence-corrected chi connectivity index (χ0v) is 7.14. The molecule has 0 aliphatic heterocycles. The lowest BCUT2D eigenvalue weighted by atomic mass is 10.1. The Bertz CT molecular complexity index is 71.7. The summed E-state index contributed by atoms with van der Waals surface area (Å²) in [6.45, 7) is 4.88. The molecule has 2 nitrogen and oxygen atoms in total. The number of hydrogen-bond donors (Lipinski definition) is 1. The van der Waals surface area contributed by atoms with Gasteiger partial charge in [-0.25, -0.2) is 0 Å². The van der Waals surface area contributed by atoms with Gasteiger partial charge in [-0.05, 0) is 39.9 Å². The highest BCUT2D eigenvalue weighted by atomic mass is 15.0. The first kappa shape index (κ1) is 9.92. The van der Waals surface area contributed by atoms with Crippen molar-refractivity contribution >= 4 is 0 Å². The molecule has 0 aromatic carbocycles. The third kappa shape index (κ3) is 6.05. The minimum absolute atomic E-state index is 0.306. The Kier molecular flexibility index (Phi) is 5.64. The van der Waals surface area contributed by atoms with Crippen molar-refractivity contribution in [1.82, 2.24) is 4.90 Å². The molecule has 0 aromatic rings. The van der Waals surface area contributed by atoms with Crippen LogP contribution < -0.4 is 5.73 Å². The monoisotopic (exact) mass is 143 g/mol. The Morgan fingerprint density at radius 3 is 2.50 bits per heavy atom. The van der Waals surface area contributed by atoms with Crippen LogP contribution in [0.5, 0.6) is 0 Å². The second-order valence-electron chi connectivity index (χ2n) is 2.99. The van der Waals surface area contributed by atoms with Gasteiger partial charge < -0.3 is 10.6 Å². The van der Waals surface area contributed by atoms with E-state index in [0.29, 0.717) is 6.04 Å². The van der Waals surface area contributed by atoms with Crippen molar-refractivity contribution in [2.45, 2.75) is 25.3 Å². The maximum atomic E-state index is 5.68. The van der Waals surface area contributed by atoms with Crippen LogP contribution in [-0.2, 0) is 0 Å². The molecule has 1 atom stereocenters. The van der Waals surface area contributed by atoms with Crippen LogP contribution in [0.25, 0.3) is 0 Å². The van der Waals surface area contributed by atoms with Gasteiger partial charge in [0.2, 0.25) is 0 Å². The fourth-order valence-electron chi connectivity index (χ4n) is 0.814. The van der Waals surface area contributed by atoms with Crippen molar-refractivity contribution in [2.75, 3.05) is 20.6 Å². The van der Waals surface area contributed by atoms with Gasteiger partial charge in [0.25, 0.3) is 0 Å².